The van der Waals surface area contributed by atoms with E-state index in [0.717, 1.165) is 4.90 Å². The number of rotatable bonds is 4. The second-order valence-corrected chi connectivity index (χ2v) is 5.70. The molecule has 1 aliphatic heterocycles. The van der Waals surface area contributed by atoms with Crippen LogP contribution in [-0.4, -0.2) is 23.8 Å². The Balaban J connectivity index is 1.66. The van der Waals surface area contributed by atoms with E-state index in [1.165, 1.54) is 0 Å². The van der Waals surface area contributed by atoms with Gasteiger partial charge in [-0.3, -0.25) is 19.8 Å². The number of hydrogen-bond acceptors (Lipinski definition) is 4. The first-order chi connectivity index (χ1) is 11.6. The molecule has 1 aliphatic rings. The lowest BCUT2D eigenvalue weighted by Crippen LogP contribution is -2.48. The molecule has 1 atom stereocenters. The first-order valence-corrected chi connectivity index (χ1v) is 7.67. The van der Waals surface area contributed by atoms with E-state index in [0.29, 0.717) is 16.3 Å². The molecule has 122 valence electrons. The molecule has 0 radical (unpaired) electrons. The number of halogens is 1. The number of nitrogens with zero attached hydrogens (tertiary/aromatic N) is 1. The van der Waals surface area contributed by atoms with Gasteiger partial charge in [0.05, 0.1) is 12.1 Å². The fourth-order valence-corrected chi connectivity index (χ4v) is 2.55. The van der Waals surface area contributed by atoms with E-state index in [4.69, 9.17) is 11.6 Å². The normalized spacial score (nSPS) is 17.2. The average Bonchev–Trinajstić information content (AvgIpc) is 2.88. The van der Waals surface area contributed by atoms with Crippen LogP contribution in [0.3, 0.4) is 0 Å². The number of nitrogens with one attached hydrogen (secondary N) is 2. The number of carbonyl (C=O) groups excluding carboxylic acids is 3. The minimum atomic E-state index is -0.805. The second-order valence-electron chi connectivity index (χ2n) is 5.27. The summed E-state index contributed by atoms with van der Waals surface area (Å²) in [6, 6.07) is 14.2. The van der Waals surface area contributed by atoms with Gasteiger partial charge in [0.1, 0.15) is 6.04 Å². The summed E-state index contributed by atoms with van der Waals surface area (Å²) in [5.41, 5.74) is 6.00. The van der Waals surface area contributed by atoms with E-state index in [2.05, 4.69) is 10.9 Å². The third kappa shape index (κ3) is 3.29. The second kappa shape index (κ2) is 6.82. The summed E-state index contributed by atoms with van der Waals surface area (Å²) in [4.78, 5) is 37.6. The molecule has 3 amide bonds. The van der Waals surface area contributed by atoms with Gasteiger partial charge in [0.2, 0.25) is 5.91 Å². The lowest BCUT2D eigenvalue weighted by Gasteiger charge is -2.16. The summed E-state index contributed by atoms with van der Waals surface area (Å²) < 4.78 is 0. The van der Waals surface area contributed by atoms with Crippen LogP contribution in [0.25, 0.3) is 0 Å². The maximum Gasteiger partial charge on any atom is 0.265 e. The van der Waals surface area contributed by atoms with Gasteiger partial charge in [-0.1, -0.05) is 29.8 Å². The van der Waals surface area contributed by atoms with Gasteiger partial charge in [0.25, 0.3) is 11.8 Å². The summed E-state index contributed by atoms with van der Waals surface area (Å²) in [6.07, 6.45) is -0.0312. The number of amides is 3. The minimum absolute atomic E-state index is 0.0312. The van der Waals surface area contributed by atoms with Crippen molar-refractivity contribution in [2.24, 2.45) is 0 Å². The van der Waals surface area contributed by atoms with Crippen molar-refractivity contribution in [3.63, 3.8) is 0 Å². The van der Waals surface area contributed by atoms with Gasteiger partial charge in [-0.05, 0) is 36.4 Å². The molecule has 3 rings (SSSR count). The van der Waals surface area contributed by atoms with Gasteiger partial charge in [-0.25, -0.2) is 10.3 Å². The van der Waals surface area contributed by atoms with Crippen molar-refractivity contribution in [3.05, 3.63) is 65.2 Å². The van der Waals surface area contributed by atoms with Crippen LogP contribution in [0.1, 0.15) is 16.8 Å². The van der Waals surface area contributed by atoms with E-state index < -0.39 is 11.9 Å². The molecule has 0 aliphatic carbocycles. The van der Waals surface area contributed by atoms with Gasteiger partial charge in [-0.15, -0.1) is 0 Å². The lowest BCUT2D eigenvalue weighted by atomic mass is 10.2. The van der Waals surface area contributed by atoms with Gasteiger partial charge >= 0.3 is 0 Å². The zero-order valence-corrected chi connectivity index (χ0v) is 13.3. The van der Waals surface area contributed by atoms with Crippen LogP contribution in [0.15, 0.2) is 54.6 Å². The molecule has 6 nitrogen and oxygen atoms in total. The van der Waals surface area contributed by atoms with Crippen LogP contribution < -0.4 is 15.8 Å². The highest BCUT2D eigenvalue weighted by Gasteiger charge is 2.39. The molecule has 2 aromatic rings. The van der Waals surface area contributed by atoms with E-state index in [-0.39, 0.29) is 18.2 Å². The molecule has 2 aromatic carbocycles. The maximum absolute atomic E-state index is 12.4. The summed E-state index contributed by atoms with van der Waals surface area (Å²) in [5, 5.41) is 0.516. The number of carbonyl (C=O) groups is 3. The molecule has 0 aromatic heterocycles. The average molecular weight is 344 g/mol. The molecule has 0 saturated carbocycles. The lowest BCUT2D eigenvalue weighted by molar-refractivity contribution is -0.121. The summed E-state index contributed by atoms with van der Waals surface area (Å²) >= 11 is 5.81. The zero-order chi connectivity index (χ0) is 17.1. The molecule has 1 heterocycles. The Kier molecular flexibility index (Phi) is 4.59. The number of imide groups is 1. The van der Waals surface area contributed by atoms with Gasteiger partial charge in [-0.2, -0.15) is 0 Å². The number of hydrazine groups is 1. The Hall–Kier alpha value is -2.70. The van der Waals surface area contributed by atoms with Crippen LogP contribution in [0.4, 0.5) is 5.69 Å². The van der Waals surface area contributed by atoms with Gasteiger partial charge < -0.3 is 0 Å². The Morgan fingerprint density at radius 1 is 1.04 bits per heavy atom. The predicted molar refractivity (Wildman–Crippen MR) is 89.4 cm³/mol. The first kappa shape index (κ1) is 16.2. The van der Waals surface area contributed by atoms with Crippen molar-refractivity contribution >= 4 is 35.0 Å². The Morgan fingerprint density at radius 2 is 1.71 bits per heavy atom. The molecule has 1 fully saturated rings. The van der Waals surface area contributed by atoms with Crippen molar-refractivity contribution in [1.29, 1.82) is 0 Å². The third-order valence-electron chi connectivity index (χ3n) is 3.63. The monoisotopic (exact) mass is 343 g/mol. The molecule has 0 bridgehead atoms. The standard InChI is InChI=1S/C17H14ClN3O3/c18-12-6-8-13(9-7-12)21-15(22)10-14(17(21)24)19-20-16(23)11-4-2-1-3-5-11/h1-9,14,19H,10H2,(H,20,23). The molecular formula is C17H14ClN3O3. The number of anilines is 1. The fourth-order valence-electron chi connectivity index (χ4n) is 2.42. The number of hydrogen-bond donors (Lipinski definition) is 2. The minimum Gasteiger partial charge on any atom is -0.287 e. The topological polar surface area (TPSA) is 78.5 Å². The first-order valence-electron chi connectivity index (χ1n) is 7.29. The van der Waals surface area contributed by atoms with Crippen LogP contribution in [0.5, 0.6) is 0 Å². The SMILES string of the molecule is O=C(NNC1CC(=O)N(c2ccc(Cl)cc2)C1=O)c1ccccc1. The molecule has 2 N–H and O–H groups in total. The zero-order valence-electron chi connectivity index (χ0n) is 12.5. The molecule has 1 unspecified atom stereocenters. The highest BCUT2D eigenvalue weighted by Crippen LogP contribution is 2.24. The fraction of sp³-hybridized carbons (Fsp3) is 0.118. The highest BCUT2D eigenvalue weighted by molar-refractivity contribution is 6.30. The van der Waals surface area contributed by atoms with E-state index in [9.17, 15) is 14.4 Å². The van der Waals surface area contributed by atoms with Crippen molar-refractivity contribution < 1.29 is 14.4 Å². The van der Waals surface area contributed by atoms with E-state index in [1.807, 2.05) is 0 Å². The highest BCUT2D eigenvalue weighted by atomic mass is 35.5. The quantitative estimate of drug-likeness (QED) is 0.656. The van der Waals surface area contributed by atoms with E-state index in [1.54, 1.807) is 54.6 Å². The predicted octanol–water partition coefficient (Wildman–Crippen LogP) is 1.91. The molecule has 7 heteroatoms. The largest absolute Gasteiger partial charge is 0.287 e. The van der Waals surface area contributed by atoms with Crippen molar-refractivity contribution in [1.82, 2.24) is 10.9 Å². The summed E-state index contributed by atoms with van der Waals surface area (Å²) in [6.45, 7) is 0. The molecule has 24 heavy (non-hydrogen) atoms. The third-order valence-corrected chi connectivity index (χ3v) is 3.88. The van der Waals surface area contributed by atoms with Gasteiger partial charge in [0, 0.05) is 10.6 Å². The van der Waals surface area contributed by atoms with Crippen LogP contribution >= 0.6 is 11.6 Å². The Morgan fingerprint density at radius 3 is 2.38 bits per heavy atom. The van der Waals surface area contributed by atoms with Crippen LogP contribution in [0, 0.1) is 0 Å². The van der Waals surface area contributed by atoms with Crippen molar-refractivity contribution in [2.75, 3.05) is 4.90 Å². The Bertz CT molecular complexity index is 777. The molecule has 1 saturated heterocycles. The van der Waals surface area contributed by atoms with Crippen molar-refractivity contribution in [3.8, 4) is 0 Å². The number of benzene rings is 2. The summed E-state index contributed by atoms with van der Waals surface area (Å²) in [5.74, 6) is -1.13. The molecular weight excluding hydrogens is 330 g/mol. The van der Waals surface area contributed by atoms with Crippen LogP contribution in [0.2, 0.25) is 5.02 Å². The smallest absolute Gasteiger partial charge is 0.265 e. The van der Waals surface area contributed by atoms with E-state index >= 15 is 0 Å². The van der Waals surface area contributed by atoms with Crippen LogP contribution in [-0.2, 0) is 9.59 Å². The maximum atomic E-state index is 12.4. The van der Waals surface area contributed by atoms with Crippen molar-refractivity contribution in [2.45, 2.75) is 12.5 Å². The summed E-state index contributed by atoms with van der Waals surface area (Å²) in [7, 11) is 0. The molecule has 0 spiro atoms. The van der Waals surface area contributed by atoms with Gasteiger partial charge in [0.15, 0.2) is 0 Å². The Labute approximate surface area is 143 Å².